The molecule has 1 aromatic carbocycles. The van der Waals surface area contributed by atoms with Crippen LogP contribution in [0, 0.1) is 5.41 Å². The molecule has 2 N–H and O–H groups in total. The van der Waals surface area contributed by atoms with Crippen molar-refractivity contribution in [3.8, 4) is 5.75 Å². The SMILES string of the molecule is CCCCN(CCCO)C(=O)CN1C[C@H](c2ccc3c(c2)CCO3)C[C@@H]1CCN1CCC(C)(C)C1O. The highest BCUT2D eigenvalue weighted by Crippen LogP contribution is 2.38. The van der Waals surface area contributed by atoms with Gasteiger partial charge < -0.3 is 19.8 Å². The quantitative estimate of drug-likeness (QED) is 0.458. The Morgan fingerprint density at radius 1 is 1.22 bits per heavy atom. The number of carbonyl (C=O) groups is 1. The molecule has 3 aliphatic rings. The molecule has 4 rings (SSSR count). The summed E-state index contributed by atoms with van der Waals surface area (Å²) in [6, 6.07) is 6.95. The van der Waals surface area contributed by atoms with E-state index in [0.717, 1.165) is 77.1 Å². The molecular formula is C29H47N3O4. The lowest BCUT2D eigenvalue weighted by Crippen LogP contribution is -2.44. The van der Waals surface area contributed by atoms with E-state index in [1.807, 2.05) is 4.90 Å². The van der Waals surface area contributed by atoms with E-state index >= 15 is 0 Å². The van der Waals surface area contributed by atoms with Crippen LogP contribution >= 0.6 is 0 Å². The Kier molecular flexibility index (Phi) is 9.31. The Morgan fingerprint density at radius 2 is 2.03 bits per heavy atom. The van der Waals surface area contributed by atoms with Gasteiger partial charge in [0, 0.05) is 57.2 Å². The van der Waals surface area contributed by atoms with E-state index < -0.39 is 6.23 Å². The predicted octanol–water partition coefficient (Wildman–Crippen LogP) is 3.23. The molecule has 0 aromatic heterocycles. The van der Waals surface area contributed by atoms with Crippen molar-refractivity contribution in [3.63, 3.8) is 0 Å². The van der Waals surface area contributed by atoms with Crippen molar-refractivity contribution in [2.75, 3.05) is 52.5 Å². The second-order valence-corrected chi connectivity index (χ2v) is 11.7. The first-order valence-corrected chi connectivity index (χ1v) is 14.1. The fourth-order valence-electron chi connectivity index (χ4n) is 6.15. The summed E-state index contributed by atoms with van der Waals surface area (Å²) in [6.45, 7) is 11.8. The zero-order chi connectivity index (χ0) is 25.7. The highest BCUT2D eigenvalue weighted by molar-refractivity contribution is 5.78. The molecule has 0 aliphatic carbocycles. The normalized spacial score (nSPS) is 25.8. The molecule has 36 heavy (non-hydrogen) atoms. The molecular weight excluding hydrogens is 454 g/mol. The van der Waals surface area contributed by atoms with Crippen molar-refractivity contribution in [3.05, 3.63) is 29.3 Å². The maximum atomic E-state index is 13.4. The maximum absolute atomic E-state index is 13.4. The molecule has 0 saturated carbocycles. The second-order valence-electron chi connectivity index (χ2n) is 11.7. The van der Waals surface area contributed by atoms with Gasteiger partial charge in [-0.15, -0.1) is 0 Å². The zero-order valence-electron chi connectivity index (χ0n) is 22.6. The van der Waals surface area contributed by atoms with Crippen LogP contribution in [0.2, 0.25) is 0 Å². The Morgan fingerprint density at radius 3 is 2.75 bits per heavy atom. The Balaban J connectivity index is 1.45. The summed E-state index contributed by atoms with van der Waals surface area (Å²) in [5, 5.41) is 20.1. The minimum Gasteiger partial charge on any atom is -0.493 e. The first kappa shape index (κ1) is 27.4. The minimum atomic E-state index is -0.399. The highest BCUT2D eigenvalue weighted by Gasteiger charge is 2.40. The Bertz CT molecular complexity index is 868. The van der Waals surface area contributed by atoms with E-state index in [1.165, 1.54) is 11.1 Å². The predicted molar refractivity (Wildman–Crippen MR) is 142 cm³/mol. The average Bonchev–Trinajstić information content (AvgIpc) is 3.56. The van der Waals surface area contributed by atoms with Gasteiger partial charge in [0.1, 0.15) is 12.0 Å². The van der Waals surface area contributed by atoms with Gasteiger partial charge in [-0.3, -0.25) is 14.6 Å². The summed E-state index contributed by atoms with van der Waals surface area (Å²) in [5.74, 6) is 1.59. The van der Waals surface area contributed by atoms with Crippen molar-refractivity contribution in [1.29, 1.82) is 0 Å². The number of fused-ring (bicyclic) bond motifs is 1. The van der Waals surface area contributed by atoms with Crippen molar-refractivity contribution in [2.45, 2.75) is 83.9 Å². The molecule has 3 atom stereocenters. The van der Waals surface area contributed by atoms with Crippen molar-refractivity contribution < 1.29 is 19.7 Å². The summed E-state index contributed by atoms with van der Waals surface area (Å²) in [7, 11) is 0. The number of aliphatic hydroxyl groups is 2. The number of ether oxygens (including phenoxy) is 1. The van der Waals surface area contributed by atoms with Crippen LogP contribution in [0.4, 0.5) is 0 Å². The van der Waals surface area contributed by atoms with Crippen LogP contribution in [0.3, 0.4) is 0 Å². The van der Waals surface area contributed by atoms with E-state index in [1.54, 1.807) is 0 Å². The largest absolute Gasteiger partial charge is 0.493 e. The van der Waals surface area contributed by atoms with Crippen LogP contribution in [0.15, 0.2) is 18.2 Å². The fourth-order valence-corrected chi connectivity index (χ4v) is 6.15. The lowest BCUT2D eigenvalue weighted by Gasteiger charge is -2.31. The maximum Gasteiger partial charge on any atom is 0.236 e. The first-order valence-electron chi connectivity index (χ1n) is 14.1. The first-order chi connectivity index (χ1) is 17.3. The highest BCUT2D eigenvalue weighted by atomic mass is 16.5. The monoisotopic (exact) mass is 501 g/mol. The molecule has 2 saturated heterocycles. The van der Waals surface area contributed by atoms with E-state index in [2.05, 4.69) is 48.8 Å². The number of amides is 1. The molecule has 202 valence electrons. The van der Waals surface area contributed by atoms with Gasteiger partial charge in [0.2, 0.25) is 5.91 Å². The third-order valence-electron chi connectivity index (χ3n) is 8.61. The van der Waals surface area contributed by atoms with Crippen LogP contribution in [0.5, 0.6) is 5.75 Å². The number of hydrogen-bond donors (Lipinski definition) is 2. The van der Waals surface area contributed by atoms with Crippen molar-refractivity contribution in [2.24, 2.45) is 5.41 Å². The number of benzene rings is 1. The number of carbonyl (C=O) groups excluding carboxylic acids is 1. The van der Waals surface area contributed by atoms with Crippen LogP contribution in [0.25, 0.3) is 0 Å². The van der Waals surface area contributed by atoms with Gasteiger partial charge in [-0.05, 0) is 55.2 Å². The van der Waals surface area contributed by atoms with Crippen LogP contribution < -0.4 is 4.74 Å². The van der Waals surface area contributed by atoms with Gasteiger partial charge in [-0.2, -0.15) is 0 Å². The Hall–Kier alpha value is -1.67. The lowest BCUT2D eigenvalue weighted by atomic mass is 9.91. The fraction of sp³-hybridized carbons (Fsp3) is 0.759. The third-order valence-corrected chi connectivity index (χ3v) is 8.61. The van der Waals surface area contributed by atoms with E-state index in [-0.39, 0.29) is 17.9 Å². The summed E-state index contributed by atoms with van der Waals surface area (Å²) in [4.78, 5) is 19.9. The molecule has 0 radical (unpaired) electrons. The molecule has 1 unspecified atom stereocenters. The molecule has 0 spiro atoms. The van der Waals surface area contributed by atoms with E-state index in [0.29, 0.717) is 31.5 Å². The van der Waals surface area contributed by atoms with Gasteiger partial charge in [0.15, 0.2) is 0 Å². The number of aliphatic hydroxyl groups excluding tert-OH is 2. The lowest BCUT2D eigenvalue weighted by molar-refractivity contribution is -0.133. The zero-order valence-corrected chi connectivity index (χ0v) is 22.6. The number of nitrogens with zero attached hydrogens (tertiary/aromatic N) is 3. The smallest absolute Gasteiger partial charge is 0.236 e. The topological polar surface area (TPSA) is 76.5 Å². The molecule has 7 heteroatoms. The minimum absolute atomic E-state index is 0.0627. The number of likely N-dealkylation sites (tertiary alicyclic amines) is 2. The molecule has 3 heterocycles. The van der Waals surface area contributed by atoms with Crippen LogP contribution in [-0.2, 0) is 11.2 Å². The standard InChI is InChI=1S/C29H47N3O4/c1-4-5-12-30(13-6-16-33)27(34)21-32-20-24(22-7-8-26-23(18-22)10-17-36-26)19-25(32)9-14-31-15-11-29(2,3)28(31)35/h7-8,18,24-25,28,33,35H,4-6,9-17,19-21H2,1-3H3/t24-,25+,28?/m1/s1. The summed E-state index contributed by atoms with van der Waals surface area (Å²) < 4.78 is 5.72. The molecule has 3 aliphatic heterocycles. The Labute approximate surface area is 217 Å². The molecule has 0 bridgehead atoms. The van der Waals surface area contributed by atoms with Gasteiger partial charge in [-0.25, -0.2) is 0 Å². The molecule has 1 amide bonds. The van der Waals surface area contributed by atoms with Gasteiger partial charge in [-0.1, -0.05) is 39.3 Å². The van der Waals surface area contributed by atoms with Crippen LogP contribution in [0.1, 0.15) is 76.3 Å². The second kappa shape index (κ2) is 12.2. The number of unbranched alkanes of at least 4 members (excludes halogenated alkanes) is 1. The number of rotatable bonds is 12. The third kappa shape index (κ3) is 6.42. The summed E-state index contributed by atoms with van der Waals surface area (Å²) in [5.41, 5.74) is 2.59. The molecule has 7 nitrogen and oxygen atoms in total. The van der Waals surface area contributed by atoms with Crippen LogP contribution in [-0.4, -0.2) is 95.6 Å². The number of hydrogen-bond acceptors (Lipinski definition) is 6. The summed E-state index contributed by atoms with van der Waals surface area (Å²) >= 11 is 0. The van der Waals surface area contributed by atoms with E-state index in [4.69, 9.17) is 4.74 Å². The van der Waals surface area contributed by atoms with Gasteiger partial charge >= 0.3 is 0 Å². The molecule has 2 fully saturated rings. The van der Waals surface area contributed by atoms with Crippen molar-refractivity contribution in [1.82, 2.24) is 14.7 Å². The van der Waals surface area contributed by atoms with Crippen molar-refractivity contribution >= 4 is 5.91 Å². The molecule has 1 aromatic rings. The van der Waals surface area contributed by atoms with Gasteiger partial charge in [0.25, 0.3) is 0 Å². The average molecular weight is 502 g/mol. The van der Waals surface area contributed by atoms with E-state index in [9.17, 15) is 15.0 Å². The van der Waals surface area contributed by atoms with Gasteiger partial charge in [0.05, 0.1) is 13.2 Å². The summed E-state index contributed by atoms with van der Waals surface area (Å²) in [6.07, 6.45) is 6.24.